The third-order valence-corrected chi connectivity index (χ3v) is 4.85. The molecule has 0 fully saturated rings. The Morgan fingerprint density at radius 3 is 2.70 bits per heavy atom. The Morgan fingerprint density at radius 1 is 1.22 bits per heavy atom. The SMILES string of the molecule is CC(=O)NC1=NN(C(C)=O)[C@@H](c2cccc(OCc3ccccc3F)c2)S1. The van der Waals surface area contributed by atoms with Gasteiger partial charge in [-0.25, -0.2) is 9.40 Å². The number of nitrogens with one attached hydrogen (secondary N) is 1. The Labute approximate surface area is 160 Å². The molecule has 0 aliphatic carbocycles. The quantitative estimate of drug-likeness (QED) is 0.873. The first-order valence-electron chi connectivity index (χ1n) is 8.23. The first kappa shape index (κ1) is 18.9. The number of amidine groups is 1. The molecule has 3 rings (SSSR count). The summed E-state index contributed by atoms with van der Waals surface area (Å²) in [6, 6.07) is 13.6. The highest BCUT2D eigenvalue weighted by Gasteiger charge is 2.32. The van der Waals surface area contributed by atoms with Gasteiger partial charge in [-0.1, -0.05) is 42.1 Å². The van der Waals surface area contributed by atoms with E-state index in [4.69, 9.17) is 4.74 Å². The van der Waals surface area contributed by atoms with E-state index >= 15 is 0 Å². The zero-order valence-electron chi connectivity index (χ0n) is 14.8. The minimum absolute atomic E-state index is 0.0952. The Bertz CT molecular complexity index is 903. The van der Waals surface area contributed by atoms with E-state index in [9.17, 15) is 14.0 Å². The molecule has 2 aromatic rings. The number of benzene rings is 2. The van der Waals surface area contributed by atoms with Gasteiger partial charge in [-0.3, -0.25) is 9.59 Å². The van der Waals surface area contributed by atoms with Crippen molar-refractivity contribution < 1.29 is 18.7 Å². The van der Waals surface area contributed by atoms with Crippen molar-refractivity contribution in [2.45, 2.75) is 25.8 Å². The van der Waals surface area contributed by atoms with Crippen LogP contribution in [0.15, 0.2) is 53.6 Å². The highest BCUT2D eigenvalue weighted by atomic mass is 32.2. The number of carbonyl (C=O) groups is 2. The summed E-state index contributed by atoms with van der Waals surface area (Å²) in [6.45, 7) is 2.88. The van der Waals surface area contributed by atoms with Gasteiger partial charge in [-0.15, -0.1) is 5.10 Å². The van der Waals surface area contributed by atoms with Crippen molar-refractivity contribution in [2.75, 3.05) is 0 Å². The molecule has 0 unspecified atom stereocenters. The summed E-state index contributed by atoms with van der Waals surface area (Å²) in [6.07, 6.45) is 0. The molecule has 2 amide bonds. The minimum atomic E-state index is -0.415. The third kappa shape index (κ3) is 4.65. The number of amides is 2. The van der Waals surface area contributed by atoms with Gasteiger partial charge in [0.1, 0.15) is 23.5 Å². The third-order valence-electron chi connectivity index (χ3n) is 3.74. The van der Waals surface area contributed by atoms with Gasteiger partial charge < -0.3 is 10.1 Å². The number of carbonyl (C=O) groups excluding carboxylic acids is 2. The van der Waals surface area contributed by atoms with Crippen molar-refractivity contribution in [2.24, 2.45) is 5.10 Å². The topological polar surface area (TPSA) is 71.0 Å². The Hall–Kier alpha value is -2.87. The van der Waals surface area contributed by atoms with E-state index < -0.39 is 5.37 Å². The van der Waals surface area contributed by atoms with E-state index in [-0.39, 0.29) is 24.2 Å². The van der Waals surface area contributed by atoms with Crippen LogP contribution in [0.1, 0.15) is 30.3 Å². The van der Waals surface area contributed by atoms with Gasteiger partial charge in [-0.2, -0.15) is 0 Å². The van der Waals surface area contributed by atoms with Gasteiger partial charge in [0.05, 0.1) is 0 Å². The molecule has 0 spiro atoms. The largest absolute Gasteiger partial charge is 0.489 e. The fraction of sp³-hybridized carbons (Fsp3) is 0.211. The number of ether oxygens (including phenoxy) is 1. The van der Waals surface area contributed by atoms with E-state index in [1.54, 1.807) is 36.4 Å². The predicted octanol–water partition coefficient (Wildman–Crippen LogP) is 3.41. The fourth-order valence-electron chi connectivity index (χ4n) is 2.51. The van der Waals surface area contributed by atoms with E-state index in [1.807, 2.05) is 6.07 Å². The van der Waals surface area contributed by atoms with Gasteiger partial charge in [0.25, 0.3) is 0 Å². The molecule has 2 aromatic carbocycles. The minimum Gasteiger partial charge on any atom is -0.489 e. The van der Waals surface area contributed by atoms with Crippen LogP contribution in [0.4, 0.5) is 4.39 Å². The normalized spacial score (nSPS) is 16.0. The van der Waals surface area contributed by atoms with E-state index in [2.05, 4.69) is 10.4 Å². The summed E-state index contributed by atoms with van der Waals surface area (Å²) >= 11 is 1.26. The van der Waals surface area contributed by atoms with Crippen LogP contribution in [-0.4, -0.2) is 22.0 Å². The Balaban J connectivity index is 1.75. The average molecular weight is 387 g/mol. The van der Waals surface area contributed by atoms with Gasteiger partial charge in [0, 0.05) is 19.4 Å². The zero-order chi connectivity index (χ0) is 19.4. The van der Waals surface area contributed by atoms with Crippen LogP contribution in [0, 0.1) is 5.82 Å². The lowest BCUT2D eigenvalue weighted by Crippen LogP contribution is -2.25. The van der Waals surface area contributed by atoms with E-state index in [1.165, 1.54) is 36.7 Å². The zero-order valence-corrected chi connectivity index (χ0v) is 15.6. The van der Waals surface area contributed by atoms with Crippen LogP contribution < -0.4 is 10.1 Å². The molecule has 0 radical (unpaired) electrons. The van der Waals surface area contributed by atoms with Gasteiger partial charge in [-0.05, 0) is 23.8 Å². The molecule has 0 aromatic heterocycles. The molecule has 27 heavy (non-hydrogen) atoms. The number of halogens is 1. The molecule has 140 valence electrons. The van der Waals surface area contributed by atoms with Gasteiger partial charge >= 0.3 is 0 Å². The molecule has 0 saturated heterocycles. The Kier molecular flexibility index (Phi) is 5.75. The van der Waals surface area contributed by atoms with Crippen molar-refractivity contribution in [1.29, 1.82) is 0 Å². The summed E-state index contributed by atoms with van der Waals surface area (Å²) in [5.74, 6) is -0.276. The molecular weight excluding hydrogens is 369 g/mol. The highest BCUT2D eigenvalue weighted by Crippen LogP contribution is 2.39. The second-order valence-electron chi connectivity index (χ2n) is 5.87. The Morgan fingerprint density at radius 2 is 2.00 bits per heavy atom. The summed E-state index contributed by atoms with van der Waals surface area (Å²) in [4.78, 5) is 23.2. The number of nitrogens with zero attached hydrogens (tertiary/aromatic N) is 2. The number of hydrogen-bond acceptors (Lipinski definition) is 5. The standard InChI is InChI=1S/C19H18FN3O3S/c1-12(24)21-19-22-23(13(2)25)18(27-19)14-7-5-8-16(10-14)26-11-15-6-3-4-9-17(15)20/h3-10,18H,11H2,1-2H3,(H,21,22,24)/t18-/m1/s1. The molecule has 6 nitrogen and oxygen atoms in total. The smallest absolute Gasteiger partial charge is 0.241 e. The number of hydrazone groups is 1. The number of hydrogen-bond donors (Lipinski definition) is 1. The first-order valence-corrected chi connectivity index (χ1v) is 9.11. The fourth-order valence-corrected chi connectivity index (χ4v) is 3.64. The lowest BCUT2D eigenvalue weighted by molar-refractivity contribution is -0.129. The summed E-state index contributed by atoms with van der Waals surface area (Å²) in [5.41, 5.74) is 1.24. The molecule has 1 N–H and O–H groups in total. The molecule has 1 heterocycles. The number of rotatable bonds is 4. The maximum absolute atomic E-state index is 13.7. The van der Waals surface area contributed by atoms with Gasteiger partial charge in [0.15, 0.2) is 5.17 Å². The van der Waals surface area contributed by atoms with Crippen LogP contribution in [0.25, 0.3) is 0 Å². The second-order valence-corrected chi connectivity index (χ2v) is 6.94. The second kappa shape index (κ2) is 8.22. The average Bonchev–Trinajstić information content (AvgIpc) is 3.05. The lowest BCUT2D eigenvalue weighted by atomic mass is 10.2. The summed E-state index contributed by atoms with van der Waals surface area (Å²) in [5, 5.41) is 8.02. The molecular formula is C19H18FN3O3S. The van der Waals surface area contributed by atoms with Crippen molar-refractivity contribution in [3.8, 4) is 5.75 Å². The monoisotopic (exact) mass is 387 g/mol. The molecule has 8 heteroatoms. The molecule has 1 atom stereocenters. The van der Waals surface area contributed by atoms with Crippen LogP contribution in [0.5, 0.6) is 5.75 Å². The van der Waals surface area contributed by atoms with Crippen LogP contribution in [0.2, 0.25) is 0 Å². The van der Waals surface area contributed by atoms with E-state index in [0.717, 1.165) is 5.56 Å². The van der Waals surface area contributed by atoms with Crippen LogP contribution in [0.3, 0.4) is 0 Å². The molecule has 0 bridgehead atoms. The van der Waals surface area contributed by atoms with Crippen molar-refractivity contribution in [3.63, 3.8) is 0 Å². The van der Waals surface area contributed by atoms with Crippen molar-refractivity contribution in [3.05, 3.63) is 65.5 Å². The van der Waals surface area contributed by atoms with Crippen molar-refractivity contribution in [1.82, 2.24) is 10.3 Å². The summed E-state index contributed by atoms with van der Waals surface area (Å²) < 4.78 is 19.4. The first-order chi connectivity index (χ1) is 12.9. The van der Waals surface area contributed by atoms with Crippen LogP contribution in [-0.2, 0) is 16.2 Å². The van der Waals surface area contributed by atoms with Crippen LogP contribution >= 0.6 is 11.8 Å². The highest BCUT2D eigenvalue weighted by molar-refractivity contribution is 8.14. The maximum atomic E-state index is 13.7. The molecule has 1 aliphatic rings. The maximum Gasteiger partial charge on any atom is 0.241 e. The van der Waals surface area contributed by atoms with Gasteiger partial charge in [0.2, 0.25) is 11.8 Å². The lowest BCUT2D eigenvalue weighted by Gasteiger charge is -2.19. The summed E-state index contributed by atoms with van der Waals surface area (Å²) in [7, 11) is 0. The predicted molar refractivity (Wildman–Crippen MR) is 101 cm³/mol. The molecule has 0 saturated carbocycles. The van der Waals surface area contributed by atoms with Crippen molar-refractivity contribution >= 4 is 28.7 Å². The molecule has 1 aliphatic heterocycles. The van der Waals surface area contributed by atoms with E-state index in [0.29, 0.717) is 16.5 Å². The number of thioether (sulfide) groups is 1.